The SMILES string of the molecule is CCC1CC1NS(=O)(=O)c1cc(N)cc(F)c1F. The van der Waals surface area contributed by atoms with Gasteiger partial charge in [-0.05, 0) is 24.5 Å². The van der Waals surface area contributed by atoms with Crippen LogP contribution in [0, 0.1) is 17.6 Å². The van der Waals surface area contributed by atoms with Gasteiger partial charge in [0, 0.05) is 11.7 Å². The summed E-state index contributed by atoms with van der Waals surface area (Å²) in [6, 6.07) is 1.48. The van der Waals surface area contributed by atoms with Crippen LogP contribution in [0.25, 0.3) is 0 Å². The molecule has 2 atom stereocenters. The molecule has 0 radical (unpaired) electrons. The van der Waals surface area contributed by atoms with E-state index in [1.165, 1.54) is 0 Å². The molecule has 0 bridgehead atoms. The van der Waals surface area contributed by atoms with Crippen molar-refractivity contribution >= 4 is 15.7 Å². The normalized spacial score (nSPS) is 23.1. The first-order valence-electron chi connectivity index (χ1n) is 5.62. The fourth-order valence-corrected chi connectivity index (χ4v) is 3.32. The van der Waals surface area contributed by atoms with E-state index in [4.69, 9.17) is 5.73 Å². The van der Waals surface area contributed by atoms with Crippen molar-refractivity contribution in [1.29, 1.82) is 0 Å². The van der Waals surface area contributed by atoms with E-state index in [0.717, 1.165) is 25.0 Å². The van der Waals surface area contributed by atoms with Crippen LogP contribution in [0.15, 0.2) is 17.0 Å². The number of sulfonamides is 1. The smallest absolute Gasteiger partial charge is 0.243 e. The molecule has 1 saturated carbocycles. The zero-order valence-corrected chi connectivity index (χ0v) is 10.6. The molecule has 18 heavy (non-hydrogen) atoms. The lowest BCUT2D eigenvalue weighted by atomic mass is 10.3. The Morgan fingerprint density at radius 3 is 2.67 bits per heavy atom. The van der Waals surface area contributed by atoms with E-state index >= 15 is 0 Å². The average molecular weight is 276 g/mol. The molecule has 0 aliphatic heterocycles. The number of nitrogens with one attached hydrogen (secondary N) is 1. The van der Waals surface area contributed by atoms with E-state index in [-0.39, 0.29) is 17.6 Å². The number of halogens is 2. The molecule has 1 aromatic rings. The van der Waals surface area contributed by atoms with Crippen LogP contribution in [0.3, 0.4) is 0 Å². The van der Waals surface area contributed by atoms with Crippen molar-refractivity contribution in [2.75, 3.05) is 5.73 Å². The second-order valence-corrected chi connectivity index (χ2v) is 6.13. The summed E-state index contributed by atoms with van der Waals surface area (Å²) in [5.41, 5.74) is 5.20. The number of nitrogen functional groups attached to an aromatic ring is 1. The molecule has 0 spiro atoms. The Kier molecular flexibility index (Phi) is 3.29. The first-order chi connectivity index (χ1) is 8.35. The lowest BCUT2D eigenvalue weighted by Crippen LogP contribution is -2.28. The lowest BCUT2D eigenvalue weighted by Gasteiger charge is -2.08. The monoisotopic (exact) mass is 276 g/mol. The van der Waals surface area contributed by atoms with Crippen LogP contribution in [0.2, 0.25) is 0 Å². The van der Waals surface area contributed by atoms with Crippen LogP contribution in [0.5, 0.6) is 0 Å². The van der Waals surface area contributed by atoms with Gasteiger partial charge in [-0.25, -0.2) is 21.9 Å². The zero-order chi connectivity index (χ0) is 13.5. The van der Waals surface area contributed by atoms with Crippen molar-refractivity contribution in [2.45, 2.75) is 30.7 Å². The molecule has 4 nitrogen and oxygen atoms in total. The lowest BCUT2D eigenvalue weighted by molar-refractivity contribution is 0.483. The standard InChI is InChI=1S/C11H14F2N2O2S/c1-2-6-3-9(6)15-18(16,17)10-5-7(14)4-8(12)11(10)13/h4-6,9,15H,2-3,14H2,1H3. The quantitative estimate of drug-likeness (QED) is 0.821. The van der Waals surface area contributed by atoms with E-state index in [2.05, 4.69) is 4.72 Å². The van der Waals surface area contributed by atoms with Gasteiger partial charge in [-0.2, -0.15) is 0 Å². The molecule has 0 heterocycles. The summed E-state index contributed by atoms with van der Waals surface area (Å²) < 4.78 is 52.7. The van der Waals surface area contributed by atoms with E-state index in [0.29, 0.717) is 0 Å². The van der Waals surface area contributed by atoms with Gasteiger partial charge < -0.3 is 5.73 Å². The number of hydrogen-bond donors (Lipinski definition) is 2. The van der Waals surface area contributed by atoms with Crippen LogP contribution in [-0.2, 0) is 10.0 Å². The largest absolute Gasteiger partial charge is 0.399 e. The van der Waals surface area contributed by atoms with Gasteiger partial charge in [0.2, 0.25) is 10.0 Å². The fourth-order valence-electron chi connectivity index (χ4n) is 1.89. The second-order valence-electron chi connectivity index (χ2n) is 4.45. The Morgan fingerprint density at radius 2 is 2.11 bits per heavy atom. The summed E-state index contributed by atoms with van der Waals surface area (Å²) in [4.78, 5) is -0.734. The number of nitrogens with two attached hydrogens (primary N) is 1. The summed E-state index contributed by atoms with van der Waals surface area (Å²) in [5.74, 6) is -2.39. The highest BCUT2D eigenvalue weighted by molar-refractivity contribution is 7.89. The third-order valence-electron chi connectivity index (χ3n) is 3.06. The zero-order valence-electron chi connectivity index (χ0n) is 9.78. The molecule has 0 amide bonds. The van der Waals surface area contributed by atoms with Crippen molar-refractivity contribution in [2.24, 2.45) is 5.92 Å². The molecule has 100 valence electrons. The van der Waals surface area contributed by atoms with E-state index in [1.54, 1.807) is 0 Å². The van der Waals surface area contributed by atoms with Crippen molar-refractivity contribution in [3.8, 4) is 0 Å². The molecule has 1 fully saturated rings. The van der Waals surface area contributed by atoms with Crippen LogP contribution >= 0.6 is 0 Å². The van der Waals surface area contributed by atoms with Gasteiger partial charge in [0.1, 0.15) is 4.90 Å². The summed E-state index contributed by atoms with van der Waals surface area (Å²) >= 11 is 0. The van der Waals surface area contributed by atoms with Gasteiger partial charge in [-0.15, -0.1) is 0 Å². The van der Waals surface area contributed by atoms with Crippen molar-refractivity contribution < 1.29 is 17.2 Å². The van der Waals surface area contributed by atoms with Gasteiger partial charge in [0.05, 0.1) is 0 Å². The van der Waals surface area contributed by atoms with Crippen molar-refractivity contribution in [3.63, 3.8) is 0 Å². The Labute approximate surface area is 104 Å². The number of anilines is 1. The molecular formula is C11H14F2N2O2S. The highest BCUT2D eigenvalue weighted by Gasteiger charge is 2.39. The van der Waals surface area contributed by atoms with Gasteiger partial charge in [0.15, 0.2) is 11.6 Å². The molecule has 2 unspecified atom stereocenters. The maximum Gasteiger partial charge on any atom is 0.243 e. The molecular weight excluding hydrogens is 262 g/mol. The summed E-state index contributed by atoms with van der Waals surface area (Å²) in [7, 11) is -4.06. The van der Waals surface area contributed by atoms with E-state index in [1.807, 2.05) is 6.92 Å². The number of benzene rings is 1. The molecule has 1 aromatic carbocycles. The highest BCUT2D eigenvalue weighted by atomic mass is 32.2. The molecule has 2 rings (SSSR count). The molecule has 7 heteroatoms. The first-order valence-corrected chi connectivity index (χ1v) is 7.10. The minimum absolute atomic E-state index is 0.128. The van der Waals surface area contributed by atoms with Gasteiger partial charge in [0.25, 0.3) is 0 Å². The van der Waals surface area contributed by atoms with Crippen LogP contribution in [-0.4, -0.2) is 14.5 Å². The Hall–Kier alpha value is -1.21. The molecule has 0 aromatic heterocycles. The van der Waals surface area contributed by atoms with Crippen LogP contribution in [0.4, 0.5) is 14.5 Å². The fraction of sp³-hybridized carbons (Fsp3) is 0.455. The van der Waals surface area contributed by atoms with Crippen molar-refractivity contribution in [1.82, 2.24) is 4.72 Å². The Bertz CT molecular complexity index is 575. The number of rotatable bonds is 4. The third kappa shape index (κ3) is 2.46. The summed E-state index contributed by atoms with van der Waals surface area (Å²) in [6.45, 7) is 1.94. The van der Waals surface area contributed by atoms with Gasteiger partial charge >= 0.3 is 0 Å². The maximum atomic E-state index is 13.5. The predicted molar refractivity (Wildman–Crippen MR) is 63.3 cm³/mol. The second kappa shape index (κ2) is 4.47. The maximum absolute atomic E-state index is 13.5. The first kappa shape index (κ1) is 13.2. The average Bonchev–Trinajstić information content (AvgIpc) is 3.00. The van der Waals surface area contributed by atoms with Crippen LogP contribution < -0.4 is 10.5 Å². The summed E-state index contributed by atoms with van der Waals surface area (Å²) in [6.07, 6.45) is 1.57. The molecule has 1 aliphatic carbocycles. The van der Waals surface area contributed by atoms with Crippen molar-refractivity contribution in [3.05, 3.63) is 23.8 Å². The highest BCUT2D eigenvalue weighted by Crippen LogP contribution is 2.34. The third-order valence-corrected chi connectivity index (χ3v) is 4.55. The number of hydrogen-bond acceptors (Lipinski definition) is 3. The molecule has 0 saturated heterocycles. The van der Waals surface area contributed by atoms with Gasteiger partial charge in [-0.1, -0.05) is 13.3 Å². The van der Waals surface area contributed by atoms with Crippen LogP contribution in [0.1, 0.15) is 19.8 Å². The Morgan fingerprint density at radius 1 is 1.44 bits per heavy atom. The molecule has 1 aliphatic rings. The predicted octanol–water partition coefficient (Wildman–Crippen LogP) is 1.62. The van der Waals surface area contributed by atoms with Gasteiger partial charge in [-0.3, -0.25) is 0 Å². The van der Waals surface area contributed by atoms with E-state index < -0.39 is 26.6 Å². The minimum atomic E-state index is -4.06. The Balaban J connectivity index is 2.30. The van der Waals surface area contributed by atoms with E-state index in [9.17, 15) is 17.2 Å². The summed E-state index contributed by atoms with van der Waals surface area (Å²) in [5, 5.41) is 0. The minimum Gasteiger partial charge on any atom is -0.399 e. The topological polar surface area (TPSA) is 72.2 Å². The molecule has 3 N–H and O–H groups in total.